The summed E-state index contributed by atoms with van der Waals surface area (Å²) in [5, 5.41) is 6.11. The highest BCUT2D eigenvalue weighted by Crippen LogP contribution is 2.42. The van der Waals surface area contributed by atoms with Crippen LogP contribution in [0.15, 0.2) is 43.4 Å². The molecular formula is C28H38N10O2. The van der Waals surface area contributed by atoms with Crippen molar-refractivity contribution in [2.75, 3.05) is 61.2 Å². The normalized spacial score (nSPS) is 13.8. The van der Waals surface area contributed by atoms with Crippen molar-refractivity contribution in [3.63, 3.8) is 0 Å². The van der Waals surface area contributed by atoms with E-state index in [9.17, 15) is 4.79 Å². The zero-order valence-electron chi connectivity index (χ0n) is 24.3. The minimum atomic E-state index is -0.348. The van der Waals surface area contributed by atoms with Gasteiger partial charge >= 0.3 is 0 Å². The molecule has 3 aromatic heterocycles. The Morgan fingerprint density at radius 1 is 1.18 bits per heavy atom. The van der Waals surface area contributed by atoms with Gasteiger partial charge in [-0.25, -0.2) is 9.97 Å². The number of fused-ring (bicyclic) bond motifs is 1. The number of likely N-dealkylation sites (N-methyl/N-ethyl adjacent to an activating group) is 2. The Hall–Kier alpha value is -4.32. The Kier molecular flexibility index (Phi) is 8.48. The van der Waals surface area contributed by atoms with Gasteiger partial charge < -0.3 is 30.1 Å². The monoisotopic (exact) mass is 546 g/mol. The first kappa shape index (κ1) is 28.7. The van der Waals surface area contributed by atoms with Crippen LogP contribution in [-0.2, 0) is 10.2 Å². The van der Waals surface area contributed by atoms with E-state index in [0.717, 1.165) is 17.9 Å². The van der Waals surface area contributed by atoms with Gasteiger partial charge in [-0.2, -0.15) is 9.97 Å². The molecule has 1 aliphatic rings. The standard InChI is InChI=1S/C28H38N10O2/c1-9-22(39)32-19-15-20(25(40-18(2)3)34-24(19)37(8)14-13-36(6)7)33-26-30-17-31-27(35-26)38-16-28(4,5)23-21(38)11-10-12-29-23/h9-12,15,17-18H,1,13-14,16H2,2-8H3,(H,32,39)(H,30,31,33,35). The van der Waals surface area contributed by atoms with Gasteiger partial charge in [0.1, 0.15) is 12.0 Å². The Morgan fingerprint density at radius 3 is 2.65 bits per heavy atom. The maximum Gasteiger partial charge on any atom is 0.247 e. The molecule has 0 radical (unpaired) electrons. The van der Waals surface area contributed by atoms with Gasteiger partial charge in [0.15, 0.2) is 5.82 Å². The molecule has 0 aromatic carbocycles. The van der Waals surface area contributed by atoms with E-state index in [-0.39, 0.29) is 17.4 Å². The fourth-order valence-corrected chi connectivity index (χ4v) is 4.38. The van der Waals surface area contributed by atoms with Gasteiger partial charge in [-0.1, -0.05) is 20.4 Å². The lowest BCUT2D eigenvalue weighted by atomic mass is 9.91. The van der Waals surface area contributed by atoms with E-state index in [0.29, 0.717) is 48.1 Å². The zero-order valence-corrected chi connectivity index (χ0v) is 24.3. The average Bonchev–Trinajstić information content (AvgIpc) is 3.19. The molecule has 0 spiro atoms. The topological polar surface area (TPSA) is 125 Å². The molecule has 3 aromatic rings. The third kappa shape index (κ3) is 6.45. The Bertz CT molecular complexity index is 1370. The van der Waals surface area contributed by atoms with Gasteiger partial charge in [-0.3, -0.25) is 9.78 Å². The molecule has 0 aliphatic carbocycles. The lowest BCUT2D eigenvalue weighted by Gasteiger charge is -2.25. The quantitative estimate of drug-likeness (QED) is 0.342. The Balaban J connectivity index is 1.71. The predicted octanol–water partition coefficient (Wildman–Crippen LogP) is 3.74. The first-order chi connectivity index (χ1) is 19.0. The molecule has 4 rings (SSSR count). The fraction of sp³-hybridized carbons (Fsp3) is 0.429. The smallest absolute Gasteiger partial charge is 0.247 e. The van der Waals surface area contributed by atoms with Gasteiger partial charge in [0.05, 0.1) is 23.2 Å². The summed E-state index contributed by atoms with van der Waals surface area (Å²) in [6.45, 7) is 13.9. The summed E-state index contributed by atoms with van der Waals surface area (Å²) < 4.78 is 6.09. The third-order valence-electron chi connectivity index (χ3n) is 6.32. The predicted molar refractivity (Wildman–Crippen MR) is 158 cm³/mol. The summed E-state index contributed by atoms with van der Waals surface area (Å²) in [7, 11) is 5.93. The number of anilines is 6. The van der Waals surface area contributed by atoms with Crippen LogP contribution in [0.25, 0.3) is 0 Å². The first-order valence-corrected chi connectivity index (χ1v) is 13.2. The number of ether oxygens (including phenoxy) is 1. The number of nitrogens with one attached hydrogen (secondary N) is 2. The molecule has 0 bridgehead atoms. The second-order valence-electron chi connectivity index (χ2n) is 10.9. The first-order valence-electron chi connectivity index (χ1n) is 13.2. The van der Waals surface area contributed by atoms with Crippen molar-refractivity contribution in [1.29, 1.82) is 0 Å². The van der Waals surface area contributed by atoms with Crippen LogP contribution in [0, 0.1) is 0 Å². The van der Waals surface area contributed by atoms with E-state index >= 15 is 0 Å². The van der Waals surface area contributed by atoms with Gasteiger partial charge in [-0.15, -0.1) is 0 Å². The van der Waals surface area contributed by atoms with E-state index < -0.39 is 0 Å². The van der Waals surface area contributed by atoms with Crippen molar-refractivity contribution in [3.8, 4) is 5.88 Å². The van der Waals surface area contributed by atoms with E-state index in [1.807, 2.05) is 56.9 Å². The molecule has 12 heteroatoms. The number of pyridine rings is 2. The number of aromatic nitrogens is 5. The lowest BCUT2D eigenvalue weighted by Crippen LogP contribution is -2.30. The van der Waals surface area contributed by atoms with E-state index in [4.69, 9.17) is 14.7 Å². The van der Waals surface area contributed by atoms with Crippen LogP contribution in [0.3, 0.4) is 0 Å². The van der Waals surface area contributed by atoms with Crippen molar-refractivity contribution in [1.82, 2.24) is 29.8 Å². The summed E-state index contributed by atoms with van der Waals surface area (Å²) in [6.07, 6.45) is 4.34. The molecule has 0 atom stereocenters. The molecule has 0 fully saturated rings. The van der Waals surface area contributed by atoms with Crippen molar-refractivity contribution in [2.45, 2.75) is 39.2 Å². The minimum absolute atomic E-state index is 0.147. The molecular weight excluding hydrogens is 508 g/mol. The molecule has 40 heavy (non-hydrogen) atoms. The summed E-state index contributed by atoms with van der Waals surface area (Å²) in [5.74, 6) is 1.39. The maximum absolute atomic E-state index is 12.3. The lowest BCUT2D eigenvalue weighted by molar-refractivity contribution is -0.111. The van der Waals surface area contributed by atoms with Crippen LogP contribution in [0.2, 0.25) is 0 Å². The average molecular weight is 547 g/mol. The largest absolute Gasteiger partial charge is 0.473 e. The van der Waals surface area contributed by atoms with Crippen molar-refractivity contribution >= 4 is 40.7 Å². The van der Waals surface area contributed by atoms with Crippen LogP contribution < -0.4 is 25.2 Å². The van der Waals surface area contributed by atoms with Gasteiger partial charge in [0, 0.05) is 38.3 Å². The van der Waals surface area contributed by atoms with Crippen LogP contribution >= 0.6 is 0 Å². The zero-order chi connectivity index (χ0) is 29.0. The Morgan fingerprint density at radius 2 is 1.95 bits per heavy atom. The maximum atomic E-state index is 12.3. The van der Waals surface area contributed by atoms with E-state index in [1.165, 1.54) is 12.4 Å². The van der Waals surface area contributed by atoms with Crippen LogP contribution in [0.5, 0.6) is 5.88 Å². The number of carbonyl (C=O) groups is 1. The second kappa shape index (κ2) is 11.8. The number of hydrogen-bond acceptors (Lipinski definition) is 11. The van der Waals surface area contributed by atoms with E-state index in [2.05, 4.69) is 50.9 Å². The second-order valence-corrected chi connectivity index (χ2v) is 10.9. The van der Waals surface area contributed by atoms with Crippen molar-refractivity contribution in [3.05, 3.63) is 49.1 Å². The highest BCUT2D eigenvalue weighted by molar-refractivity contribution is 6.01. The van der Waals surface area contributed by atoms with Crippen molar-refractivity contribution < 1.29 is 9.53 Å². The third-order valence-corrected chi connectivity index (χ3v) is 6.32. The van der Waals surface area contributed by atoms with E-state index in [1.54, 1.807) is 12.3 Å². The number of rotatable bonds is 11. The molecule has 212 valence electrons. The summed E-state index contributed by atoms with van der Waals surface area (Å²) in [5.41, 5.74) is 2.80. The van der Waals surface area contributed by atoms with Crippen LogP contribution in [0.4, 0.5) is 34.8 Å². The molecule has 4 heterocycles. The summed E-state index contributed by atoms with van der Waals surface area (Å²) in [4.78, 5) is 41.3. The molecule has 0 saturated heterocycles. The molecule has 1 aliphatic heterocycles. The van der Waals surface area contributed by atoms with Gasteiger partial charge in [0.2, 0.25) is 23.7 Å². The SMILES string of the molecule is C=CC(=O)Nc1cc(Nc2ncnc(N3CC(C)(C)c4ncccc43)n2)c(OC(C)C)nc1N(C)CCN(C)C. The molecule has 12 nitrogen and oxygen atoms in total. The van der Waals surface area contributed by atoms with Crippen LogP contribution in [-0.4, -0.2) is 82.6 Å². The van der Waals surface area contributed by atoms with Gasteiger partial charge in [0.25, 0.3) is 0 Å². The summed E-state index contributed by atoms with van der Waals surface area (Å²) >= 11 is 0. The van der Waals surface area contributed by atoms with Crippen molar-refractivity contribution in [2.24, 2.45) is 0 Å². The van der Waals surface area contributed by atoms with Crippen LogP contribution in [0.1, 0.15) is 33.4 Å². The molecule has 2 N–H and O–H groups in total. The summed E-state index contributed by atoms with van der Waals surface area (Å²) in [6, 6.07) is 5.70. The minimum Gasteiger partial charge on any atom is -0.473 e. The molecule has 0 saturated carbocycles. The fourth-order valence-electron chi connectivity index (χ4n) is 4.38. The number of nitrogens with zero attached hydrogens (tertiary/aromatic N) is 8. The number of hydrogen-bond donors (Lipinski definition) is 2. The number of carbonyl (C=O) groups excluding carboxylic acids is 1. The highest BCUT2D eigenvalue weighted by atomic mass is 16.5. The molecule has 0 unspecified atom stereocenters. The highest BCUT2D eigenvalue weighted by Gasteiger charge is 2.38. The van der Waals surface area contributed by atoms with Gasteiger partial charge in [-0.05, 0) is 52.2 Å². The molecule has 1 amide bonds. The Labute approximate surface area is 235 Å². The number of amides is 1.